The Hall–Kier alpha value is -2.50. The molecule has 4 atom stereocenters. The maximum Gasteiger partial charge on any atom is 0.129 e. The van der Waals surface area contributed by atoms with E-state index in [9.17, 15) is 19.0 Å². The van der Waals surface area contributed by atoms with E-state index >= 15 is 0 Å². The van der Waals surface area contributed by atoms with E-state index in [4.69, 9.17) is 0 Å². The summed E-state index contributed by atoms with van der Waals surface area (Å²) in [5.41, 5.74) is 3.11. The van der Waals surface area contributed by atoms with Gasteiger partial charge in [0.15, 0.2) is 0 Å². The summed E-state index contributed by atoms with van der Waals surface area (Å²) in [5, 5.41) is 18.7. The molecular formula is C30H45F2NO2. The van der Waals surface area contributed by atoms with Crippen LogP contribution >= 0.6 is 0 Å². The van der Waals surface area contributed by atoms with Crippen LogP contribution in [-0.4, -0.2) is 22.5 Å². The van der Waals surface area contributed by atoms with Crippen LogP contribution in [0.2, 0.25) is 0 Å². The number of halogens is 2. The third-order valence-corrected chi connectivity index (χ3v) is 5.87. The molecule has 2 aromatic carbocycles. The molecule has 0 aliphatic carbocycles. The van der Waals surface area contributed by atoms with Gasteiger partial charge in [-0.25, -0.2) is 8.78 Å². The Bertz CT molecular complexity index is 842. The van der Waals surface area contributed by atoms with Crippen LogP contribution in [-0.2, 0) is 0 Å². The summed E-state index contributed by atoms with van der Waals surface area (Å²) in [6.45, 7) is 18.1. The van der Waals surface area contributed by atoms with Crippen LogP contribution in [0.1, 0.15) is 79.4 Å². The van der Waals surface area contributed by atoms with Gasteiger partial charge in [-0.1, -0.05) is 57.6 Å². The molecule has 2 N–H and O–H groups in total. The molecule has 0 spiro atoms. The molecule has 0 saturated carbocycles. The zero-order valence-corrected chi connectivity index (χ0v) is 22.5. The predicted molar refractivity (Wildman–Crippen MR) is 145 cm³/mol. The number of hydrogen-bond donors (Lipinski definition) is 2. The van der Waals surface area contributed by atoms with Crippen molar-refractivity contribution in [1.82, 2.24) is 0 Å². The number of nitrogens with zero attached hydrogens (tertiary/aromatic N) is 1. The minimum atomic E-state index is -0.462. The van der Waals surface area contributed by atoms with Gasteiger partial charge in [0.25, 0.3) is 0 Å². The van der Waals surface area contributed by atoms with E-state index in [-0.39, 0.29) is 11.6 Å². The number of aliphatic hydroxyl groups excluding tert-OH is 2. The Labute approximate surface area is 211 Å². The highest BCUT2D eigenvalue weighted by Gasteiger charge is 2.33. The van der Waals surface area contributed by atoms with E-state index in [1.165, 1.54) is 29.8 Å². The van der Waals surface area contributed by atoms with Crippen molar-refractivity contribution in [3.63, 3.8) is 0 Å². The molecule has 1 saturated heterocycles. The molecule has 5 heteroatoms. The van der Waals surface area contributed by atoms with Crippen LogP contribution in [0.25, 0.3) is 0 Å². The molecule has 3 nitrogen and oxygen atoms in total. The highest BCUT2D eigenvalue weighted by Crippen LogP contribution is 2.30. The summed E-state index contributed by atoms with van der Waals surface area (Å²) < 4.78 is 25.0. The van der Waals surface area contributed by atoms with Crippen LogP contribution in [0.4, 0.5) is 14.5 Å². The quantitative estimate of drug-likeness (QED) is 0.402. The van der Waals surface area contributed by atoms with Gasteiger partial charge < -0.3 is 15.1 Å². The van der Waals surface area contributed by atoms with Gasteiger partial charge in [-0.3, -0.25) is 0 Å². The van der Waals surface area contributed by atoms with Gasteiger partial charge in [0.05, 0.1) is 6.10 Å². The Morgan fingerprint density at radius 1 is 1.09 bits per heavy atom. The largest absolute Gasteiger partial charge is 0.388 e. The number of hydrogen-bond acceptors (Lipinski definition) is 3. The molecule has 1 fully saturated rings. The normalized spacial score (nSPS) is 18.3. The molecule has 1 aliphatic rings. The second-order valence-corrected chi connectivity index (χ2v) is 8.38. The van der Waals surface area contributed by atoms with Crippen molar-refractivity contribution >= 4 is 5.69 Å². The van der Waals surface area contributed by atoms with E-state index in [0.717, 1.165) is 24.1 Å². The Balaban J connectivity index is 0.000000487. The predicted octanol–water partition coefficient (Wildman–Crippen LogP) is 8.20. The van der Waals surface area contributed by atoms with E-state index in [1.807, 2.05) is 38.7 Å². The van der Waals surface area contributed by atoms with Crippen LogP contribution in [0.3, 0.4) is 0 Å². The van der Waals surface area contributed by atoms with Gasteiger partial charge >= 0.3 is 0 Å². The topological polar surface area (TPSA) is 43.7 Å². The average Bonchev–Trinajstić information content (AvgIpc) is 2.87. The van der Waals surface area contributed by atoms with Crippen LogP contribution in [0.5, 0.6) is 0 Å². The fourth-order valence-electron chi connectivity index (χ4n) is 3.37. The molecule has 196 valence electrons. The fraction of sp³-hybridized carbons (Fsp3) is 0.467. The molecule has 3 rings (SSSR count). The molecule has 2 aromatic rings. The van der Waals surface area contributed by atoms with Crippen molar-refractivity contribution in [1.29, 1.82) is 0 Å². The molecule has 0 bridgehead atoms. The lowest BCUT2D eigenvalue weighted by atomic mass is 9.99. The monoisotopic (exact) mass is 489 g/mol. The summed E-state index contributed by atoms with van der Waals surface area (Å²) in [6.07, 6.45) is 5.81. The van der Waals surface area contributed by atoms with Gasteiger partial charge in [-0.05, 0) is 81.5 Å². The van der Waals surface area contributed by atoms with Gasteiger partial charge in [-0.15, -0.1) is 6.58 Å². The molecule has 1 heterocycles. The van der Waals surface area contributed by atoms with Gasteiger partial charge in [0.1, 0.15) is 17.9 Å². The first-order chi connectivity index (χ1) is 16.6. The zero-order valence-electron chi connectivity index (χ0n) is 22.5. The van der Waals surface area contributed by atoms with Crippen molar-refractivity contribution in [3.8, 4) is 0 Å². The maximum absolute atomic E-state index is 12.6. The first kappa shape index (κ1) is 32.5. The maximum atomic E-state index is 12.6. The zero-order chi connectivity index (χ0) is 27.0. The highest BCUT2D eigenvalue weighted by atomic mass is 19.1. The highest BCUT2D eigenvalue weighted by molar-refractivity contribution is 5.50. The molecule has 3 unspecified atom stereocenters. The Morgan fingerprint density at radius 3 is 1.94 bits per heavy atom. The van der Waals surface area contributed by atoms with Gasteiger partial charge in [0, 0.05) is 18.2 Å². The fourth-order valence-corrected chi connectivity index (χ4v) is 3.37. The summed E-state index contributed by atoms with van der Waals surface area (Å²) >= 11 is 0. The Kier molecular flexibility index (Phi) is 16.6. The summed E-state index contributed by atoms with van der Waals surface area (Å²) in [6, 6.07) is 12.5. The van der Waals surface area contributed by atoms with Gasteiger partial charge in [0.2, 0.25) is 0 Å². The first-order valence-corrected chi connectivity index (χ1v) is 12.5. The summed E-state index contributed by atoms with van der Waals surface area (Å²) in [7, 11) is 0. The number of allylic oxidation sites excluding steroid dienone is 3. The van der Waals surface area contributed by atoms with E-state index < -0.39 is 12.3 Å². The molecular weight excluding hydrogens is 444 g/mol. The van der Waals surface area contributed by atoms with E-state index in [1.54, 1.807) is 24.3 Å². The first-order valence-electron chi connectivity index (χ1n) is 12.5. The van der Waals surface area contributed by atoms with Crippen LogP contribution in [0.15, 0.2) is 72.8 Å². The minimum Gasteiger partial charge on any atom is -0.388 e. The lowest BCUT2D eigenvalue weighted by Gasteiger charge is -2.45. The minimum absolute atomic E-state index is 0.244. The molecule has 0 aromatic heterocycles. The van der Waals surface area contributed by atoms with Crippen molar-refractivity contribution in [3.05, 3.63) is 90.0 Å². The standard InChI is InChI=1S/C10H12FNO.C9H11FO.C9H16.C2H6/c1-7-6-10(13)12(7)9-4-2-8(11)3-5-9;1-2-9(11)7-3-5-8(10)6-4-7;1-5-7-9(4)8(3)6-2;1-2/h2-5,7,10,13H,6H2,1H3;3-6,9,11H,2H2,1H3;5-6,9H,1,7H2,2-4H3;1-2H3/b;;8-6-;/t;9-;;/m.0../s1. The number of anilines is 1. The Morgan fingerprint density at radius 2 is 1.57 bits per heavy atom. The third-order valence-electron chi connectivity index (χ3n) is 5.87. The van der Waals surface area contributed by atoms with Crippen molar-refractivity contribution < 1.29 is 19.0 Å². The van der Waals surface area contributed by atoms with Gasteiger partial charge in [-0.2, -0.15) is 0 Å². The average molecular weight is 490 g/mol. The van der Waals surface area contributed by atoms with E-state index in [2.05, 4.69) is 33.4 Å². The second kappa shape index (κ2) is 17.9. The lowest BCUT2D eigenvalue weighted by molar-refractivity contribution is 0.0844. The summed E-state index contributed by atoms with van der Waals surface area (Å²) in [4.78, 5) is 1.87. The molecule has 0 radical (unpaired) electrons. The SMILES string of the molecule is C=CCC(C)/C(C)=C\C.CC.CC1CC(O)N1c1ccc(F)cc1.CC[C@H](O)c1ccc(F)cc1. The molecule has 0 amide bonds. The summed E-state index contributed by atoms with van der Waals surface area (Å²) in [5.74, 6) is 0.163. The van der Waals surface area contributed by atoms with Crippen molar-refractivity contribution in [2.45, 2.75) is 86.1 Å². The van der Waals surface area contributed by atoms with Crippen LogP contribution < -0.4 is 4.90 Å². The van der Waals surface area contributed by atoms with Crippen molar-refractivity contribution in [2.75, 3.05) is 4.90 Å². The second-order valence-electron chi connectivity index (χ2n) is 8.38. The third kappa shape index (κ3) is 11.7. The number of rotatable bonds is 6. The smallest absolute Gasteiger partial charge is 0.129 e. The number of benzene rings is 2. The number of aliphatic hydroxyl groups is 2. The van der Waals surface area contributed by atoms with Crippen LogP contribution in [0, 0.1) is 17.6 Å². The van der Waals surface area contributed by atoms with E-state index in [0.29, 0.717) is 18.4 Å². The molecule has 35 heavy (non-hydrogen) atoms. The lowest BCUT2D eigenvalue weighted by Crippen LogP contribution is -2.54. The van der Waals surface area contributed by atoms with Crippen molar-refractivity contribution in [2.24, 2.45) is 5.92 Å². The molecule has 1 aliphatic heterocycles.